The molecule has 0 spiro atoms. The highest BCUT2D eigenvalue weighted by atomic mass is 19.4. The zero-order valence-electron chi connectivity index (χ0n) is 13.5. The summed E-state index contributed by atoms with van der Waals surface area (Å²) in [6, 6.07) is 3.51. The van der Waals surface area contributed by atoms with Crippen LogP contribution in [0.2, 0.25) is 0 Å². The molecule has 0 heterocycles. The van der Waals surface area contributed by atoms with Gasteiger partial charge in [-0.15, -0.1) is 0 Å². The van der Waals surface area contributed by atoms with Gasteiger partial charge in [0.2, 0.25) is 5.78 Å². The molecule has 0 bridgehead atoms. The lowest BCUT2D eigenvalue weighted by atomic mass is 9.79. The molecule has 0 aromatic heterocycles. The number of carbonyl (C=O) groups excluding carboxylic acids is 1. The maximum absolute atomic E-state index is 12.9. The highest BCUT2D eigenvalue weighted by Gasteiger charge is 2.32. The van der Waals surface area contributed by atoms with Crippen molar-refractivity contribution in [3.05, 3.63) is 65.8 Å². The van der Waals surface area contributed by atoms with E-state index in [0.29, 0.717) is 17.7 Å². The normalized spacial score (nSPS) is 23.8. The molecule has 1 aromatic rings. The SMILES string of the molecule is CCc1ccc(C(F)(F)F)cc1N/N=C1\C(=O)C=CC2C=CC=CC12. The number of carbonyl (C=O) groups is 1. The van der Waals surface area contributed by atoms with Gasteiger partial charge in [0.15, 0.2) is 0 Å². The number of rotatable bonds is 3. The third kappa shape index (κ3) is 3.57. The molecule has 2 unspecified atom stereocenters. The Hall–Kier alpha value is -2.63. The number of fused-ring (bicyclic) bond motifs is 1. The molecule has 2 aliphatic carbocycles. The van der Waals surface area contributed by atoms with E-state index in [1.165, 1.54) is 12.1 Å². The predicted molar refractivity (Wildman–Crippen MR) is 91.3 cm³/mol. The van der Waals surface area contributed by atoms with Crippen molar-refractivity contribution in [2.45, 2.75) is 19.5 Å². The Balaban J connectivity index is 1.93. The lowest BCUT2D eigenvalue weighted by Gasteiger charge is -2.25. The molecule has 1 N–H and O–H groups in total. The zero-order valence-corrected chi connectivity index (χ0v) is 13.5. The Morgan fingerprint density at radius 3 is 2.64 bits per heavy atom. The van der Waals surface area contributed by atoms with Gasteiger partial charge in [0, 0.05) is 11.8 Å². The molecule has 0 aliphatic heterocycles. The van der Waals surface area contributed by atoms with Crippen LogP contribution in [0, 0.1) is 11.8 Å². The molecule has 3 rings (SSSR count). The van der Waals surface area contributed by atoms with Gasteiger partial charge >= 0.3 is 6.18 Å². The maximum Gasteiger partial charge on any atom is 0.416 e. The molecular formula is C19H17F3N2O. The first-order valence-electron chi connectivity index (χ1n) is 8.01. The number of aryl methyl sites for hydroxylation is 1. The van der Waals surface area contributed by atoms with Crippen LogP contribution in [0.25, 0.3) is 0 Å². The van der Waals surface area contributed by atoms with Gasteiger partial charge in [-0.3, -0.25) is 10.2 Å². The zero-order chi connectivity index (χ0) is 18.0. The van der Waals surface area contributed by atoms with Crippen LogP contribution in [0.5, 0.6) is 0 Å². The van der Waals surface area contributed by atoms with Crippen LogP contribution in [-0.4, -0.2) is 11.5 Å². The molecule has 0 fully saturated rings. The third-order valence-electron chi connectivity index (χ3n) is 4.33. The number of benzene rings is 1. The molecule has 0 saturated carbocycles. The molecule has 2 atom stereocenters. The van der Waals surface area contributed by atoms with Crippen LogP contribution in [0.1, 0.15) is 18.1 Å². The monoisotopic (exact) mass is 346 g/mol. The van der Waals surface area contributed by atoms with Gasteiger partial charge < -0.3 is 0 Å². The molecule has 0 radical (unpaired) electrons. The molecule has 0 amide bonds. The maximum atomic E-state index is 12.9. The number of hydrogen-bond acceptors (Lipinski definition) is 3. The number of hydrogen-bond donors (Lipinski definition) is 1. The molecule has 130 valence electrons. The van der Waals surface area contributed by atoms with Gasteiger partial charge in [-0.2, -0.15) is 18.3 Å². The van der Waals surface area contributed by atoms with Crippen LogP contribution < -0.4 is 5.43 Å². The lowest BCUT2D eigenvalue weighted by molar-refractivity contribution is -0.137. The average molecular weight is 346 g/mol. The minimum Gasteiger partial charge on any atom is -0.288 e. The molecule has 0 saturated heterocycles. The molecule has 2 aliphatic rings. The fraction of sp³-hybridized carbons (Fsp3) is 0.263. The second-order valence-corrected chi connectivity index (χ2v) is 5.93. The van der Waals surface area contributed by atoms with Crippen molar-refractivity contribution in [3.63, 3.8) is 0 Å². The summed E-state index contributed by atoms with van der Waals surface area (Å²) >= 11 is 0. The van der Waals surface area contributed by atoms with E-state index >= 15 is 0 Å². The standard InChI is InChI=1S/C19H17F3N2O/c1-2-12-7-9-14(19(20,21)22)11-16(12)23-24-18-15-6-4-3-5-13(15)8-10-17(18)25/h3-11,13,15,23H,2H2,1H3/b24-18-. The Bertz CT molecular complexity index is 803. The van der Waals surface area contributed by atoms with Gasteiger partial charge in [0.05, 0.1) is 11.3 Å². The van der Waals surface area contributed by atoms with Crippen molar-refractivity contribution in [2.24, 2.45) is 16.9 Å². The van der Waals surface area contributed by atoms with Crippen molar-refractivity contribution >= 4 is 17.2 Å². The summed E-state index contributed by atoms with van der Waals surface area (Å²) in [5, 5.41) is 4.16. The summed E-state index contributed by atoms with van der Waals surface area (Å²) in [6.45, 7) is 1.85. The van der Waals surface area contributed by atoms with E-state index in [4.69, 9.17) is 0 Å². The number of alkyl halides is 3. The van der Waals surface area contributed by atoms with Gasteiger partial charge in [0.25, 0.3) is 0 Å². The Morgan fingerprint density at radius 1 is 1.16 bits per heavy atom. The van der Waals surface area contributed by atoms with Crippen LogP contribution in [0.15, 0.2) is 59.8 Å². The van der Waals surface area contributed by atoms with E-state index in [2.05, 4.69) is 10.5 Å². The van der Waals surface area contributed by atoms with E-state index in [0.717, 1.165) is 12.1 Å². The van der Waals surface area contributed by atoms with Gasteiger partial charge in [0.1, 0.15) is 5.71 Å². The topological polar surface area (TPSA) is 41.5 Å². The van der Waals surface area contributed by atoms with E-state index in [-0.39, 0.29) is 23.3 Å². The quantitative estimate of drug-likeness (QED) is 0.817. The summed E-state index contributed by atoms with van der Waals surface area (Å²) < 4.78 is 38.8. The summed E-state index contributed by atoms with van der Waals surface area (Å²) in [5.41, 5.74) is 3.20. The Morgan fingerprint density at radius 2 is 1.92 bits per heavy atom. The predicted octanol–water partition coefficient (Wildman–Crippen LogP) is 4.53. The minimum absolute atomic E-state index is 0.0374. The minimum atomic E-state index is -4.43. The molecular weight excluding hydrogens is 329 g/mol. The second-order valence-electron chi connectivity index (χ2n) is 5.93. The van der Waals surface area contributed by atoms with E-state index < -0.39 is 11.7 Å². The largest absolute Gasteiger partial charge is 0.416 e. The van der Waals surface area contributed by atoms with Crippen LogP contribution in [0.3, 0.4) is 0 Å². The van der Waals surface area contributed by atoms with Crippen molar-refractivity contribution in [1.82, 2.24) is 0 Å². The first-order valence-corrected chi connectivity index (χ1v) is 8.01. The fourth-order valence-electron chi connectivity index (χ4n) is 2.95. The van der Waals surface area contributed by atoms with Crippen LogP contribution >= 0.6 is 0 Å². The molecule has 25 heavy (non-hydrogen) atoms. The van der Waals surface area contributed by atoms with Crippen molar-refractivity contribution < 1.29 is 18.0 Å². The van der Waals surface area contributed by atoms with Crippen molar-refractivity contribution in [2.75, 3.05) is 5.43 Å². The molecule has 1 aromatic carbocycles. The highest BCUT2D eigenvalue weighted by molar-refractivity contribution is 6.46. The number of allylic oxidation sites excluding steroid dienone is 6. The second kappa shape index (κ2) is 6.70. The Labute approximate surface area is 143 Å². The van der Waals surface area contributed by atoms with Crippen LogP contribution in [0.4, 0.5) is 18.9 Å². The van der Waals surface area contributed by atoms with Gasteiger partial charge in [-0.1, -0.05) is 43.4 Å². The number of nitrogens with zero attached hydrogens (tertiary/aromatic N) is 1. The van der Waals surface area contributed by atoms with Gasteiger partial charge in [-0.05, 0) is 30.2 Å². The lowest BCUT2D eigenvalue weighted by Crippen LogP contribution is -2.31. The number of halogens is 3. The Kier molecular flexibility index (Phi) is 4.61. The first kappa shape index (κ1) is 17.2. The first-order chi connectivity index (χ1) is 11.9. The molecule has 6 heteroatoms. The highest BCUT2D eigenvalue weighted by Crippen LogP contribution is 2.33. The third-order valence-corrected chi connectivity index (χ3v) is 4.33. The summed E-state index contributed by atoms with van der Waals surface area (Å²) in [5.74, 6) is -0.403. The van der Waals surface area contributed by atoms with E-state index in [1.807, 2.05) is 37.3 Å². The fourth-order valence-corrected chi connectivity index (χ4v) is 2.95. The summed E-state index contributed by atoms with van der Waals surface area (Å²) in [4.78, 5) is 12.2. The number of anilines is 1. The van der Waals surface area contributed by atoms with E-state index in [1.54, 1.807) is 0 Å². The van der Waals surface area contributed by atoms with Gasteiger partial charge in [-0.25, -0.2) is 0 Å². The van der Waals surface area contributed by atoms with Crippen LogP contribution in [-0.2, 0) is 17.4 Å². The smallest absolute Gasteiger partial charge is 0.288 e. The number of hydrazone groups is 1. The number of nitrogens with one attached hydrogen (secondary N) is 1. The van der Waals surface area contributed by atoms with Crippen molar-refractivity contribution in [1.29, 1.82) is 0 Å². The summed E-state index contributed by atoms with van der Waals surface area (Å²) in [6.07, 6.45) is 6.96. The van der Waals surface area contributed by atoms with E-state index in [9.17, 15) is 18.0 Å². The molecule has 3 nitrogen and oxygen atoms in total. The number of ketones is 1. The summed E-state index contributed by atoms with van der Waals surface area (Å²) in [7, 11) is 0. The average Bonchev–Trinajstić information content (AvgIpc) is 2.60. The van der Waals surface area contributed by atoms with Crippen molar-refractivity contribution in [3.8, 4) is 0 Å².